The smallest absolute Gasteiger partial charge is 0.335 e. The van der Waals surface area contributed by atoms with Gasteiger partial charge in [0.05, 0.1) is 17.4 Å². The lowest BCUT2D eigenvalue weighted by atomic mass is 10.2. The minimum Gasteiger partial charge on any atom is -0.478 e. The van der Waals surface area contributed by atoms with Crippen LogP contribution in [-0.4, -0.2) is 45.3 Å². The zero-order chi connectivity index (χ0) is 17.5. The van der Waals surface area contributed by atoms with Crippen molar-refractivity contribution >= 4 is 21.7 Å². The molecule has 0 saturated carbocycles. The van der Waals surface area contributed by atoms with Gasteiger partial charge in [-0.05, 0) is 38.5 Å². The van der Waals surface area contributed by atoms with Crippen molar-refractivity contribution in [1.29, 1.82) is 0 Å². The molecule has 0 fully saturated rings. The number of ether oxygens (including phenoxy) is 1. The van der Waals surface area contributed by atoms with E-state index in [0.717, 1.165) is 6.07 Å². The average molecular weight is 344 g/mol. The fourth-order valence-corrected chi connectivity index (χ4v) is 3.15. The Kier molecular flexibility index (Phi) is 7.47. The molecular weight excluding hydrogens is 320 g/mol. The highest BCUT2D eigenvalue weighted by molar-refractivity contribution is 7.89. The summed E-state index contributed by atoms with van der Waals surface area (Å²) in [4.78, 5) is 11.0. The summed E-state index contributed by atoms with van der Waals surface area (Å²) in [7, 11) is -3.76. The lowest BCUT2D eigenvalue weighted by Gasteiger charge is -2.14. The molecule has 1 rings (SSSR count). The van der Waals surface area contributed by atoms with E-state index in [9.17, 15) is 13.2 Å². The number of carboxylic acid groups (broad SMARTS) is 1. The molecule has 7 nitrogen and oxygen atoms in total. The van der Waals surface area contributed by atoms with E-state index < -0.39 is 16.0 Å². The number of carboxylic acids is 1. The van der Waals surface area contributed by atoms with Crippen LogP contribution in [0.1, 0.15) is 37.6 Å². The molecule has 0 aliphatic carbocycles. The van der Waals surface area contributed by atoms with Crippen molar-refractivity contribution in [1.82, 2.24) is 4.72 Å². The number of hydrogen-bond acceptors (Lipinski definition) is 5. The van der Waals surface area contributed by atoms with Gasteiger partial charge in [0.25, 0.3) is 0 Å². The predicted molar refractivity (Wildman–Crippen MR) is 88.5 cm³/mol. The van der Waals surface area contributed by atoms with Crippen LogP contribution in [0.5, 0.6) is 0 Å². The summed E-state index contributed by atoms with van der Waals surface area (Å²) in [6.07, 6.45) is 0.856. The number of anilines is 1. The standard InChI is InChI=1S/C15H24N2O5S/c1-4-17-23(20,21)14-10-12(15(18)19)6-7-13(14)16-8-5-9-22-11(2)3/h6-7,10-11,16-17H,4-5,8-9H2,1-3H3,(H,18,19). The van der Waals surface area contributed by atoms with Gasteiger partial charge in [-0.2, -0.15) is 0 Å². The third-order valence-electron chi connectivity index (χ3n) is 2.94. The van der Waals surface area contributed by atoms with Crippen LogP contribution in [0.4, 0.5) is 5.69 Å². The normalized spacial score (nSPS) is 11.7. The van der Waals surface area contributed by atoms with Crippen molar-refractivity contribution in [2.75, 3.05) is 25.0 Å². The molecule has 0 aliphatic heterocycles. The Balaban J connectivity index is 2.91. The third kappa shape index (κ3) is 6.17. The summed E-state index contributed by atoms with van der Waals surface area (Å²) < 4.78 is 32.3. The Labute approximate surface area is 137 Å². The van der Waals surface area contributed by atoms with E-state index in [1.807, 2.05) is 13.8 Å². The van der Waals surface area contributed by atoms with Gasteiger partial charge in [0.2, 0.25) is 10.0 Å². The van der Waals surface area contributed by atoms with Crippen LogP contribution < -0.4 is 10.0 Å². The fourth-order valence-electron chi connectivity index (χ4n) is 1.91. The first-order valence-corrected chi connectivity index (χ1v) is 8.98. The number of nitrogens with one attached hydrogen (secondary N) is 2. The van der Waals surface area contributed by atoms with Crippen LogP contribution in [0.25, 0.3) is 0 Å². The molecule has 0 radical (unpaired) electrons. The summed E-state index contributed by atoms with van der Waals surface area (Å²) in [6, 6.07) is 4.00. The van der Waals surface area contributed by atoms with E-state index in [1.165, 1.54) is 12.1 Å². The van der Waals surface area contributed by atoms with Gasteiger partial charge >= 0.3 is 5.97 Å². The quantitative estimate of drug-likeness (QED) is 0.560. The second-order valence-corrected chi connectivity index (χ2v) is 6.95. The Morgan fingerprint density at radius 3 is 2.61 bits per heavy atom. The van der Waals surface area contributed by atoms with E-state index in [4.69, 9.17) is 9.84 Å². The summed E-state index contributed by atoms with van der Waals surface area (Å²) in [5.41, 5.74) is 0.302. The molecule has 23 heavy (non-hydrogen) atoms. The van der Waals surface area contributed by atoms with Crippen LogP contribution in [0.3, 0.4) is 0 Å². The third-order valence-corrected chi connectivity index (χ3v) is 4.53. The van der Waals surface area contributed by atoms with Crippen molar-refractivity contribution in [3.05, 3.63) is 23.8 Å². The summed E-state index contributed by atoms with van der Waals surface area (Å²) in [5, 5.41) is 12.1. The highest BCUT2D eigenvalue weighted by atomic mass is 32.2. The Morgan fingerprint density at radius 2 is 2.04 bits per heavy atom. The molecule has 3 N–H and O–H groups in total. The lowest BCUT2D eigenvalue weighted by Crippen LogP contribution is -2.25. The average Bonchev–Trinajstić information content (AvgIpc) is 2.46. The van der Waals surface area contributed by atoms with Crippen molar-refractivity contribution in [2.45, 2.75) is 38.2 Å². The maximum atomic E-state index is 12.2. The van der Waals surface area contributed by atoms with Gasteiger partial charge in [0.1, 0.15) is 4.90 Å². The zero-order valence-corrected chi connectivity index (χ0v) is 14.4. The van der Waals surface area contributed by atoms with E-state index >= 15 is 0 Å². The first kappa shape index (κ1) is 19.4. The summed E-state index contributed by atoms with van der Waals surface area (Å²) >= 11 is 0. The molecule has 8 heteroatoms. The molecule has 0 atom stereocenters. The van der Waals surface area contributed by atoms with Gasteiger partial charge in [-0.1, -0.05) is 6.92 Å². The molecule has 130 valence electrons. The van der Waals surface area contributed by atoms with Gasteiger partial charge in [0, 0.05) is 19.7 Å². The Bertz CT molecular complexity index is 629. The van der Waals surface area contributed by atoms with E-state index in [1.54, 1.807) is 6.92 Å². The van der Waals surface area contributed by atoms with Crippen molar-refractivity contribution in [3.63, 3.8) is 0 Å². The topological polar surface area (TPSA) is 105 Å². The number of carbonyl (C=O) groups is 1. The van der Waals surface area contributed by atoms with E-state index in [-0.39, 0.29) is 23.1 Å². The van der Waals surface area contributed by atoms with Crippen LogP contribution >= 0.6 is 0 Å². The first-order chi connectivity index (χ1) is 10.8. The maximum Gasteiger partial charge on any atom is 0.335 e. The molecule has 1 aromatic carbocycles. The van der Waals surface area contributed by atoms with Crippen LogP contribution in [0.2, 0.25) is 0 Å². The second-order valence-electron chi connectivity index (χ2n) is 5.22. The lowest BCUT2D eigenvalue weighted by molar-refractivity contribution is 0.0696. The Morgan fingerprint density at radius 1 is 1.35 bits per heavy atom. The molecule has 0 saturated heterocycles. The van der Waals surface area contributed by atoms with Crippen molar-refractivity contribution in [3.8, 4) is 0 Å². The monoisotopic (exact) mass is 344 g/mol. The number of benzene rings is 1. The van der Waals surface area contributed by atoms with Crippen molar-refractivity contribution < 1.29 is 23.1 Å². The molecule has 0 bridgehead atoms. The van der Waals surface area contributed by atoms with Gasteiger partial charge < -0.3 is 15.2 Å². The van der Waals surface area contributed by atoms with Crippen LogP contribution in [-0.2, 0) is 14.8 Å². The molecule has 0 spiro atoms. The number of hydrogen-bond donors (Lipinski definition) is 3. The first-order valence-electron chi connectivity index (χ1n) is 7.50. The highest BCUT2D eigenvalue weighted by Gasteiger charge is 2.19. The predicted octanol–water partition coefficient (Wildman–Crippen LogP) is 1.91. The molecule has 0 aromatic heterocycles. The molecule has 0 unspecified atom stereocenters. The van der Waals surface area contributed by atoms with Gasteiger partial charge in [-0.15, -0.1) is 0 Å². The largest absolute Gasteiger partial charge is 0.478 e. The van der Waals surface area contributed by atoms with Gasteiger partial charge in [-0.25, -0.2) is 17.9 Å². The second kappa shape index (κ2) is 8.85. The van der Waals surface area contributed by atoms with Crippen LogP contribution in [0, 0.1) is 0 Å². The fraction of sp³-hybridized carbons (Fsp3) is 0.533. The molecular formula is C15H24N2O5S. The van der Waals surface area contributed by atoms with Crippen LogP contribution in [0.15, 0.2) is 23.1 Å². The van der Waals surface area contributed by atoms with Crippen molar-refractivity contribution in [2.24, 2.45) is 0 Å². The zero-order valence-electron chi connectivity index (χ0n) is 13.6. The Hall–Kier alpha value is -1.64. The number of sulfonamides is 1. The SMILES string of the molecule is CCNS(=O)(=O)c1cc(C(=O)O)ccc1NCCCOC(C)C. The molecule has 0 amide bonds. The molecule has 0 heterocycles. The van der Waals surface area contributed by atoms with Gasteiger partial charge in [-0.3, -0.25) is 0 Å². The highest BCUT2D eigenvalue weighted by Crippen LogP contribution is 2.23. The van der Waals surface area contributed by atoms with E-state index in [2.05, 4.69) is 10.0 Å². The number of aromatic carboxylic acids is 1. The molecule has 0 aliphatic rings. The minimum absolute atomic E-state index is 0.0657. The maximum absolute atomic E-state index is 12.2. The summed E-state index contributed by atoms with van der Waals surface area (Å²) in [6.45, 7) is 6.86. The van der Waals surface area contributed by atoms with E-state index in [0.29, 0.717) is 25.3 Å². The minimum atomic E-state index is -3.76. The van der Waals surface area contributed by atoms with Gasteiger partial charge in [0.15, 0.2) is 0 Å². The molecule has 1 aromatic rings. The number of rotatable bonds is 10. The summed E-state index contributed by atoms with van der Waals surface area (Å²) in [5.74, 6) is -1.17.